The van der Waals surface area contributed by atoms with Crippen LogP contribution in [0, 0.1) is 5.92 Å². The number of amides is 2. The minimum absolute atomic E-state index is 0.0704. The maximum atomic E-state index is 12.8. The van der Waals surface area contributed by atoms with E-state index in [1.165, 1.54) is 0 Å². The Labute approximate surface area is 151 Å². The molecule has 2 aromatic rings. The normalized spacial score (nSPS) is 17.9. The van der Waals surface area contributed by atoms with Crippen LogP contribution < -0.4 is 16.0 Å². The Morgan fingerprint density at radius 2 is 2.08 bits per heavy atom. The fourth-order valence-corrected chi connectivity index (χ4v) is 2.97. The number of tetrazole rings is 1. The highest BCUT2D eigenvalue weighted by Crippen LogP contribution is 2.21. The third-order valence-electron chi connectivity index (χ3n) is 4.40. The van der Waals surface area contributed by atoms with E-state index in [1.807, 2.05) is 13.8 Å². The Kier molecular flexibility index (Phi) is 5.57. The minimum atomic E-state index is -0.387. The number of carbonyl (C=O) groups excluding carboxylic acids is 2. The summed E-state index contributed by atoms with van der Waals surface area (Å²) in [7, 11) is 0. The number of aromatic nitrogens is 4. The molecule has 1 aliphatic rings. The molecule has 1 fully saturated rings. The molecule has 2 heterocycles. The zero-order valence-corrected chi connectivity index (χ0v) is 14.8. The van der Waals surface area contributed by atoms with Crippen LogP contribution in [0.3, 0.4) is 0 Å². The maximum absolute atomic E-state index is 12.8. The summed E-state index contributed by atoms with van der Waals surface area (Å²) in [6, 6.07) is 6.35. The summed E-state index contributed by atoms with van der Waals surface area (Å²) in [4.78, 5) is 25.2. The lowest BCUT2D eigenvalue weighted by atomic mass is 10.0. The van der Waals surface area contributed by atoms with Crippen LogP contribution in [0.15, 0.2) is 24.3 Å². The van der Waals surface area contributed by atoms with E-state index in [4.69, 9.17) is 0 Å². The van der Waals surface area contributed by atoms with E-state index in [0.29, 0.717) is 17.1 Å². The summed E-state index contributed by atoms with van der Waals surface area (Å²) in [6.45, 7) is 4.75. The lowest BCUT2D eigenvalue weighted by Gasteiger charge is -2.20. The van der Waals surface area contributed by atoms with Crippen molar-refractivity contribution >= 4 is 17.5 Å². The third-order valence-corrected chi connectivity index (χ3v) is 4.40. The van der Waals surface area contributed by atoms with Gasteiger partial charge in [0.2, 0.25) is 5.91 Å². The molecular formula is C17H23N7O2. The van der Waals surface area contributed by atoms with Crippen molar-refractivity contribution in [1.29, 1.82) is 0 Å². The van der Waals surface area contributed by atoms with Crippen LogP contribution in [0.25, 0.3) is 0 Å². The van der Waals surface area contributed by atoms with Gasteiger partial charge in [-0.15, -0.1) is 10.2 Å². The van der Waals surface area contributed by atoms with Gasteiger partial charge in [-0.05, 0) is 37.4 Å². The Morgan fingerprint density at radius 1 is 1.27 bits per heavy atom. The Morgan fingerprint density at radius 3 is 2.73 bits per heavy atom. The lowest BCUT2D eigenvalue weighted by molar-refractivity contribution is -0.117. The molecular weight excluding hydrogens is 334 g/mol. The van der Waals surface area contributed by atoms with E-state index < -0.39 is 0 Å². The highest BCUT2D eigenvalue weighted by molar-refractivity contribution is 6.05. The highest BCUT2D eigenvalue weighted by atomic mass is 16.2. The van der Waals surface area contributed by atoms with Crippen molar-refractivity contribution in [3.63, 3.8) is 0 Å². The number of rotatable bonds is 6. The first-order chi connectivity index (χ1) is 12.6. The average molecular weight is 357 g/mol. The fourth-order valence-electron chi connectivity index (χ4n) is 2.97. The molecule has 1 aromatic carbocycles. The molecule has 1 aliphatic heterocycles. The molecule has 9 nitrogen and oxygen atoms in total. The fraction of sp³-hybridized carbons (Fsp3) is 0.471. The predicted octanol–water partition coefficient (Wildman–Crippen LogP) is 1.02. The summed E-state index contributed by atoms with van der Waals surface area (Å²) >= 11 is 0. The molecule has 2 amide bonds. The van der Waals surface area contributed by atoms with Gasteiger partial charge in [-0.25, -0.2) is 0 Å². The Balaban J connectivity index is 1.75. The zero-order chi connectivity index (χ0) is 18.5. The van der Waals surface area contributed by atoms with Crippen molar-refractivity contribution in [1.82, 2.24) is 31.3 Å². The molecule has 3 rings (SSSR count). The van der Waals surface area contributed by atoms with E-state index in [0.717, 1.165) is 19.4 Å². The topological polar surface area (TPSA) is 125 Å². The second kappa shape index (κ2) is 8.05. The molecule has 0 spiro atoms. The number of aromatic amines is 1. The van der Waals surface area contributed by atoms with Crippen molar-refractivity contribution in [2.45, 2.75) is 38.8 Å². The van der Waals surface area contributed by atoms with E-state index in [2.05, 4.69) is 36.6 Å². The summed E-state index contributed by atoms with van der Waals surface area (Å²) in [5, 5.41) is 22.8. The van der Waals surface area contributed by atoms with Gasteiger partial charge in [0.15, 0.2) is 5.82 Å². The molecule has 2 atom stereocenters. The van der Waals surface area contributed by atoms with Gasteiger partial charge in [0, 0.05) is 0 Å². The van der Waals surface area contributed by atoms with Crippen molar-refractivity contribution in [3.05, 3.63) is 35.7 Å². The predicted molar refractivity (Wildman–Crippen MR) is 95.3 cm³/mol. The number of benzene rings is 1. The van der Waals surface area contributed by atoms with Gasteiger partial charge in [0.25, 0.3) is 5.91 Å². The van der Waals surface area contributed by atoms with Gasteiger partial charge in [-0.3, -0.25) is 9.59 Å². The second-order valence-corrected chi connectivity index (χ2v) is 6.65. The van der Waals surface area contributed by atoms with Crippen LogP contribution in [-0.4, -0.2) is 45.0 Å². The SMILES string of the molecule is CC(C)[C@H](NC(=O)c1ccccc1NC(=O)[C@@H]1CCCN1)c1nn[nH]n1. The quantitative estimate of drug-likeness (QED) is 0.612. The summed E-state index contributed by atoms with van der Waals surface area (Å²) in [5.41, 5.74) is 0.882. The summed E-state index contributed by atoms with van der Waals surface area (Å²) < 4.78 is 0. The molecule has 9 heteroatoms. The van der Waals surface area contributed by atoms with Gasteiger partial charge >= 0.3 is 0 Å². The van der Waals surface area contributed by atoms with E-state index in [-0.39, 0.29) is 29.8 Å². The number of carbonyl (C=O) groups is 2. The van der Waals surface area contributed by atoms with E-state index in [9.17, 15) is 9.59 Å². The number of hydrogen-bond donors (Lipinski definition) is 4. The van der Waals surface area contributed by atoms with Gasteiger partial charge in [0.05, 0.1) is 23.3 Å². The average Bonchev–Trinajstić information content (AvgIpc) is 3.33. The standard InChI is InChI=1S/C17H23N7O2/c1-10(2)14(15-21-23-24-22-15)20-16(25)11-6-3-4-7-12(11)19-17(26)13-8-5-9-18-13/h3-4,6-7,10,13-14,18H,5,8-9H2,1-2H3,(H,19,26)(H,20,25)(H,21,22,23,24)/t13-,14-/m0/s1. The second-order valence-electron chi connectivity index (χ2n) is 6.65. The van der Waals surface area contributed by atoms with E-state index >= 15 is 0 Å². The van der Waals surface area contributed by atoms with Crippen molar-refractivity contribution in [2.75, 3.05) is 11.9 Å². The number of H-pyrrole nitrogens is 1. The van der Waals surface area contributed by atoms with Crippen LogP contribution in [-0.2, 0) is 4.79 Å². The maximum Gasteiger partial charge on any atom is 0.253 e. The minimum Gasteiger partial charge on any atom is -0.342 e. The first kappa shape index (κ1) is 18.0. The van der Waals surface area contributed by atoms with Crippen LogP contribution in [0.4, 0.5) is 5.69 Å². The smallest absolute Gasteiger partial charge is 0.253 e. The number of hydrogen-bond acceptors (Lipinski definition) is 6. The van der Waals surface area contributed by atoms with Crippen LogP contribution in [0.2, 0.25) is 0 Å². The molecule has 4 N–H and O–H groups in total. The summed E-state index contributed by atoms with van der Waals surface area (Å²) in [5.74, 6) is 0.0659. The van der Waals surface area contributed by atoms with Gasteiger partial charge in [-0.2, -0.15) is 5.21 Å². The molecule has 0 radical (unpaired) electrons. The van der Waals surface area contributed by atoms with Crippen LogP contribution in [0.5, 0.6) is 0 Å². The number of nitrogens with zero attached hydrogens (tertiary/aromatic N) is 3. The monoisotopic (exact) mass is 357 g/mol. The molecule has 0 bridgehead atoms. The summed E-state index contributed by atoms with van der Waals surface area (Å²) in [6.07, 6.45) is 1.77. The van der Waals surface area contributed by atoms with Crippen molar-refractivity contribution in [3.8, 4) is 0 Å². The largest absolute Gasteiger partial charge is 0.342 e. The third kappa shape index (κ3) is 4.05. The van der Waals surface area contributed by atoms with Crippen molar-refractivity contribution in [2.24, 2.45) is 5.92 Å². The van der Waals surface area contributed by atoms with Gasteiger partial charge < -0.3 is 16.0 Å². The molecule has 0 unspecified atom stereocenters. The molecule has 0 aliphatic carbocycles. The number of anilines is 1. The Bertz CT molecular complexity index is 754. The first-order valence-electron chi connectivity index (χ1n) is 8.73. The number of para-hydroxylation sites is 1. The molecule has 1 aromatic heterocycles. The highest BCUT2D eigenvalue weighted by Gasteiger charge is 2.26. The van der Waals surface area contributed by atoms with E-state index in [1.54, 1.807) is 24.3 Å². The molecule has 1 saturated heterocycles. The lowest BCUT2D eigenvalue weighted by Crippen LogP contribution is -2.37. The van der Waals surface area contributed by atoms with Crippen LogP contribution in [0.1, 0.15) is 48.9 Å². The van der Waals surface area contributed by atoms with Gasteiger partial charge in [-0.1, -0.05) is 31.2 Å². The van der Waals surface area contributed by atoms with Gasteiger partial charge in [0.1, 0.15) is 0 Å². The molecule has 138 valence electrons. The zero-order valence-electron chi connectivity index (χ0n) is 14.8. The van der Waals surface area contributed by atoms with Crippen molar-refractivity contribution < 1.29 is 9.59 Å². The van der Waals surface area contributed by atoms with Crippen LogP contribution >= 0.6 is 0 Å². The Hall–Kier alpha value is -2.81. The number of nitrogens with one attached hydrogen (secondary N) is 4. The first-order valence-corrected chi connectivity index (χ1v) is 8.73. The molecule has 26 heavy (non-hydrogen) atoms. The molecule has 0 saturated carbocycles.